The lowest BCUT2D eigenvalue weighted by molar-refractivity contribution is 0.0697. The van der Waals surface area contributed by atoms with Gasteiger partial charge >= 0.3 is 12.1 Å². The number of alkyl carbamates (subject to hydrolysis) is 1. The highest BCUT2D eigenvalue weighted by molar-refractivity contribution is 5.96. The first-order valence-corrected chi connectivity index (χ1v) is 11.8. The molecule has 2 aromatic heterocycles. The van der Waals surface area contributed by atoms with Gasteiger partial charge in [0.25, 0.3) is 0 Å². The molecule has 0 spiro atoms. The summed E-state index contributed by atoms with van der Waals surface area (Å²) in [7, 11) is 1.56. The predicted octanol–water partition coefficient (Wildman–Crippen LogP) is 5.63. The van der Waals surface area contributed by atoms with Gasteiger partial charge in [-0.3, -0.25) is 4.40 Å². The molecule has 2 heterocycles. The quantitative estimate of drug-likeness (QED) is 0.297. The van der Waals surface area contributed by atoms with Crippen LogP contribution in [0.5, 0.6) is 5.88 Å². The van der Waals surface area contributed by atoms with Crippen LogP contribution in [-0.2, 0) is 4.74 Å². The number of carboxylic acid groups (broad SMARTS) is 1. The van der Waals surface area contributed by atoms with Crippen molar-refractivity contribution in [1.29, 1.82) is 0 Å². The lowest BCUT2D eigenvalue weighted by Crippen LogP contribution is -2.28. The molecule has 8 heteroatoms. The van der Waals surface area contributed by atoms with Crippen molar-refractivity contribution in [3.8, 4) is 17.0 Å². The van der Waals surface area contributed by atoms with Crippen LogP contribution in [0.4, 0.5) is 4.79 Å². The number of hydrogen-bond donors (Lipinski definition) is 2. The lowest BCUT2D eigenvalue weighted by Gasteiger charge is -2.21. The van der Waals surface area contributed by atoms with Crippen molar-refractivity contribution < 1.29 is 24.2 Å². The van der Waals surface area contributed by atoms with E-state index < -0.39 is 18.2 Å². The number of ether oxygens (including phenoxy) is 2. The summed E-state index contributed by atoms with van der Waals surface area (Å²) < 4.78 is 13.1. The largest absolute Gasteiger partial charge is 0.480 e. The zero-order chi connectivity index (χ0) is 25.7. The molecule has 186 valence electrons. The van der Waals surface area contributed by atoms with Crippen LogP contribution in [0.25, 0.3) is 16.8 Å². The third-order valence-electron chi connectivity index (χ3n) is 6.00. The fraction of sp³-hybridized carbons (Fsp3) is 0.250. The number of benzene rings is 2. The second-order valence-electron chi connectivity index (χ2n) is 8.46. The minimum atomic E-state index is -0.990. The molecule has 8 nitrogen and oxygen atoms in total. The zero-order valence-electron chi connectivity index (χ0n) is 20.5. The summed E-state index contributed by atoms with van der Waals surface area (Å²) in [6.45, 7) is 4.53. The van der Waals surface area contributed by atoms with Gasteiger partial charge in [0.1, 0.15) is 5.65 Å². The number of unbranched alkanes of at least 4 members (excludes halogenated alkanes) is 1. The number of aromatic carboxylic acids is 1. The monoisotopic (exact) mass is 487 g/mol. The van der Waals surface area contributed by atoms with Gasteiger partial charge in [-0.2, -0.15) is 4.98 Å². The molecule has 0 aliphatic rings. The Morgan fingerprint density at radius 1 is 1.08 bits per heavy atom. The molecule has 1 amide bonds. The molecular weight excluding hydrogens is 458 g/mol. The van der Waals surface area contributed by atoms with Crippen molar-refractivity contribution in [1.82, 2.24) is 14.7 Å². The Morgan fingerprint density at radius 3 is 2.53 bits per heavy atom. The Hall–Kier alpha value is -4.33. The fourth-order valence-corrected chi connectivity index (χ4v) is 4.08. The van der Waals surface area contributed by atoms with Crippen molar-refractivity contribution in [2.24, 2.45) is 0 Å². The summed E-state index contributed by atoms with van der Waals surface area (Å²) in [6.07, 6.45) is 2.31. The number of aromatic nitrogens is 2. The maximum absolute atomic E-state index is 12.7. The Labute approximate surface area is 209 Å². The zero-order valence-corrected chi connectivity index (χ0v) is 20.5. The number of rotatable bonds is 9. The summed E-state index contributed by atoms with van der Waals surface area (Å²) in [5.41, 5.74) is 4.68. The number of carbonyl (C=O) groups excluding carboxylic acids is 1. The van der Waals surface area contributed by atoms with Gasteiger partial charge < -0.3 is 19.9 Å². The van der Waals surface area contributed by atoms with E-state index in [1.807, 2.05) is 47.7 Å². The van der Waals surface area contributed by atoms with Crippen molar-refractivity contribution in [3.05, 3.63) is 89.2 Å². The topological polar surface area (TPSA) is 102 Å². The molecule has 1 unspecified atom stereocenters. The molecular formula is C28H29N3O5. The molecule has 0 saturated carbocycles. The van der Waals surface area contributed by atoms with Crippen molar-refractivity contribution in [2.75, 3.05) is 13.7 Å². The Balaban J connectivity index is 1.75. The minimum absolute atomic E-state index is 0.221. The number of carbonyl (C=O) groups is 2. The number of imidazole rings is 1. The van der Waals surface area contributed by atoms with Gasteiger partial charge in [-0.05, 0) is 47.7 Å². The normalized spacial score (nSPS) is 11.8. The number of carboxylic acids is 1. The highest BCUT2D eigenvalue weighted by Gasteiger charge is 2.23. The lowest BCUT2D eigenvalue weighted by atomic mass is 9.97. The number of nitrogens with zero attached hydrogens (tertiary/aromatic N) is 2. The number of nitrogens with one attached hydrogen (secondary N) is 1. The van der Waals surface area contributed by atoms with Crippen LogP contribution in [0, 0.1) is 6.92 Å². The van der Waals surface area contributed by atoms with Crippen LogP contribution in [-0.4, -0.2) is 40.2 Å². The highest BCUT2D eigenvalue weighted by Crippen LogP contribution is 2.32. The molecule has 4 rings (SSSR count). The molecule has 4 aromatic rings. The predicted molar refractivity (Wildman–Crippen MR) is 137 cm³/mol. The molecule has 0 aliphatic heterocycles. The van der Waals surface area contributed by atoms with E-state index >= 15 is 0 Å². The van der Waals surface area contributed by atoms with E-state index in [1.54, 1.807) is 37.6 Å². The van der Waals surface area contributed by atoms with Crippen molar-refractivity contribution >= 4 is 17.7 Å². The average Bonchev–Trinajstić information content (AvgIpc) is 3.34. The van der Waals surface area contributed by atoms with E-state index in [0.717, 1.165) is 29.5 Å². The van der Waals surface area contributed by atoms with Crippen molar-refractivity contribution in [2.45, 2.75) is 32.8 Å². The van der Waals surface area contributed by atoms with Crippen LogP contribution in [0.1, 0.15) is 53.0 Å². The summed E-state index contributed by atoms with van der Waals surface area (Å²) in [5.74, 6) is -0.534. The van der Waals surface area contributed by atoms with E-state index in [2.05, 4.69) is 17.2 Å². The van der Waals surface area contributed by atoms with Gasteiger partial charge in [-0.1, -0.05) is 61.9 Å². The molecule has 2 aromatic carbocycles. The maximum Gasteiger partial charge on any atom is 0.408 e. The molecule has 0 saturated heterocycles. The van der Waals surface area contributed by atoms with Crippen molar-refractivity contribution in [3.63, 3.8) is 0 Å². The number of hydrogen-bond acceptors (Lipinski definition) is 5. The highest BCUT2D eigenvalue weighted by atomic mass is 16.6. The van der Waals surface area contributed by atoms with Gasteiger partial charge in [-0.25, -0.2) is 9.59 Å². The maximum atomic E-state index is 12.7. The standard InChI is InChI=1S/C28H29N3O5/c1-4-5-16-29-28(34)36-25(23-15-10-18(2)26-30-24(35-3)17-31(23)26)20-13-11-19(12-14-20)21-8-6-7-9-22(21)27(32)33/h6-15,17,25H,4-5,16H2,1-3H3,(H,29,34)(H,32,33). The summed E-state index contributed by atoms with van der Waals surface area (Å²) >= 11 is 0. The first kappa shape index (κ1) is 24.8. The van der Waals surface area contributed by atoms with E-state index in [4.69, 9.17) is 9.47 Å². The second-order valence-corrected chi connectivity index (χ2v) is 8.46. The van der Waals surface area contributed by atoms with Crippen LogP contribution >= 0.6 is 0 Å². The third-order valence-corrected chi connectivity index (χ3v) is 6.00. The van der Waals surface area contributed by atoms with Gasteiger partial charge in [0.05, 0.1) is 24.6 Å². The fourth-order valence-electron chi connectivity index (χ4n) is 4.08. The van der Waals surface area contributed by atoms with Crippen LogP contribution in [0.3, 0.4) is 0 Å². The number of pyridine rings is 1. The molecule has 0 radical (unpaired) electrons. The number of aryl methyl sites for hydroxylation is 1. The molecule has 0 aliphatic carbocycles. The van der Waals surface area contributed by atoms with E-state index in [9.17, 15) is 14.7 Å². The van der Waals surface area contributed by atoms with Gasteiger partial charge in [-0.15, -0.1) is 0 Å². The van der Waals surface area contributed by atoms with Crippen LogP contribution < -0.4 is 10.1 Å². The average molecular weight is 488 g/mol. The molecule has 0 bridgehead atoms. The second kappa shape index (κ2) is 10.9. The Morgan fingerprint density at radius 2 is 1.83 bits per heavy atom. The molecule has 2 N–H and O–H groups in total. The summed E-state index contributed by atoms with van der Waals surface area (Å²) in [5, 5.41) is 12.4. The molecule has 36 heavy (non-hydrogen) atoms. The minimum Gasteiger partial charge on any atom is -0.480 e. The number of methoxy groups -OCH3 is 1. The SMILES string of the molecule is CCCCNC(=O)OC(c1ccc(-c2ccccc2C(=O)O)cc1)c1ccc(C)c2nc(OC)cn12. The van der Waals surface area contributed by atoms with E-state index in [1.165, 1.54) is 0 Å². The third kappa shape index (κ3) is 5.17. The van der Waals surface area contributed by atoms with Gasteiger partial charge in [0.2, 0.25) is 5.88 Å². The summed E-state index contributed by atoms with van der Waals surface area (Å²) in [4.78, 5) is 28.9. The van der Waals surface area contributed by atoms with Crippen LogP contribution in [0.15, 0.2) is 66.9 Å². The van der Waals surface area contributed by atoms with E-state index in [-0.39, 0.29) is 5.56 Å². The number of amides is 1. The van der Waals surface area contributed by atoms with E-state index in [0.29, 0.717) is 29.3 Å². The molecule has 1 atom stereocenters. The first-order valence-electron chi connectivity index (χ1n) is 11.8. The molecule has 0 fully saturated rings. The Kier molecular flexibility index (Phi) is 7.53. The number of fused-ring (bicyclic) bond motifs is 1. The van der Waals surface area contributed by atoms with Gasteiger partial charge in [0.15, 0.2) is 6.10 Å². The summed E-state index contributed by atoms with van der Waals surface area (Å²) in [6, 6.07) is 18.0. The first-order chi connectivity index (χ1) is 17.4. The van der Waals surface area contributed by atoms with Crippen LogP contribution in [0.2, 0.25) is 0 Å². The smallest absolute Gasteiger partial charge is 0.408 e. The van der Waals surface area contributed by atoms with Gasteiger partial charge in [0, 0.05) is 6.54 Å². The Bertz CT molecular complexity index is 1380.